The molecule has 11 heteroatoms. The molecule has 8 nitrogen and oxygen atoms in total. The first-order chi connectivity index (χ1) is 12.9. The Bertz CT molecular complexity index is 855. The molecule has 0 fully saturated rings. The van der Waals surface area contributed by atoms with Crippen LogP contribution in [0.5, 0.6) is 0 Å². The Kier molecular flexibility index (Phi) is 10.8. The number of nitrogens with zero attached hydrogens (tertiary/aromatic N) is 3. The normalized spacial score (nSPS) is 11.8. The number of hydrogen-bond acceptors (Lipinski definition) is 4. The van der Waals surface area contributed by atoms with Crippen molar-refractivity contribution in [1.29, 1.82) is 0 Å². The SMILES string of the molecule is CCNC(=NCCNS(=O)(=O)c1ccn(C)c1)NCCc1ccc(Cl)nc1.I. The fraction of sp³-hybridized carbons (Fsp3) is 0.412. The van der Waals surface area contributed by atoms with Gasteiger partial charge in [-0.15, -0.1) is 24.0 Å². The third-order valence-corrected chi connectivity index (χ3v) is 5.30. The highest BCUT2D eigenvalue weighted by Crippen LogP contribution is 2.07. The summed E-state index contributed by atoms with van der Waals surface area (Å²) in [5.74, 6) is 0.637. The minimum Gasteiger partial charge on any atom is -0.357 e. The highest BCUT2D eigenvalue weighted by atomic mass is 127. The average Bonchev–Trinajstić information content (AvgIpc) is 3.08. The van der Waals surface area contributed by atoms with Crippen LogP contribution in [0.4, 0.5) is 0 Å². The minimum atomic E-state index is -3.50. The lowest BCUT2D eigenvalue weighted by Gasteiger charge is -2.11. The molecule has 2 aromatic heterocycles. The zero-order valence-corrected chi connectivity index (χ0v) is 19.8. The highest BCUT2D eigenvalue weighted by molar-refractivity contribution is 14.0. The van der Waals surface area contributed by atoms with Crippen molar-refractivity contribution in [2.24, 2.45) is 12.0 Å². The predicted octanol–water partition coefficient (Wildman–Crippen LogP) is 1.77. The van der Waals surface area contributed by atoms with Gasteiger partial charge in [-0.1, -0.05) is 17.7 Å². The first kappa shape index (κ1) is 24.7. The van der Waals surface area contributed by atoms with Crippen molar-refractivity contribution in [3.05, 3.63) is 47.5 Å². The zero-order chi connectivity index (χ0) is 19.7. The molecule has 3 N–H and O–H groups in total. The van der Waals surface area contributed by atoms with Crippen molar-refractivity contribution in [1.82, 2.24) is 24.9 Å². The van der Waals surface area contributed by atoms with Crippen LogP contribution in [0.2, 0.25) is 5.15 Å². The minimum absolute atomic E-state index is 0. The second-order valence-corrected chi connectivity index (χ2v) is 7.99. The number of sulfonamides is 1. The van der Waals surface area contributed by atoms with Crippen LogP contribution in [0, 0.1) is 0 Å². The van der Waals surface area contributed by atoms with Gasteiger partial charge in [0.15, 0.2) is 5.96 Å². The van der Waals surface area contributed by atoms with Gasteiger partial charge in [-0.2, -0.15) is 0 Å². The number of pyridine rings is 1. The topological polar surface area (TPSA) is 100 Å². The van der Waals surface area contributed by atoms with E-state index in [9.17, 15) is 8.42 Å². The average molecular weight is 541 g/mol. The van der Waals surface area contributed by atoms with Gasteiger partial charge in [-0.05, 0) is 31.0 Å². The number of aliphatic imine (C=N–C) groups is 1. The Hall–Kier alpha value is -1.37. The summed E-state index contributed by atoms with van der Waals surface area (Å²) < 4.78 is 28.5. The number of aromatic nitrogens is 2. The summed E-state index contributed by atoms with van der Waals surface area (Å²) in [6, 6.07) is 5.25. The molecule has 0 amide bonds. The van der Waals surface area contributed by atoms with E-state index in [2.05, 4.69) is 25.3 Å². The number of rotatable bonds is 9. The molecule has 0 aromatic carbocycles. The molecular weight excluding hydrogens is 515 g/mol. The molecule has 156 valence electrons. The molecular formula is C17H26ClIN6O2S. The van der Waals surface area contributed by atoms with E-state index in [4.69, 9.17) is 11.6 Å². The van der Waals surface area contributed by atoms with E-state index in [0.29, 0.717) is 30.7 Å². The largest absolute Gasteiger partial charge is 0.357 e. The summed E-state index contributed by atoms with van der Waals surface area (Å²) in [6.45, 7) is 3.90. The molecule has 2 rings (SSSR count). The Balaban J connectivity index is 0.00000392. The second kappa shape index (κ2) is 12.2. The number of hydrogen-bond donors (Lipinski definition) is 3. The zero-order valence-electron chi connectivity index (χ0n) is 15.9. The van der Waals surface area contributed by atoms with Crippen LogP contribution in [0.3, 0.4) is 0 Å². The van der Waals surface area contributed by atoms with Gasteiger partial charge in [0, 0.05) is 45.3 Å². The van der Waals surface area contributed by atoms with Crippen molar-refractivity contribution >= 4 is 51.6 Å². The molecule has 0 aliphatic carbocycles. The van der Waals surface area contributed by atoms with Crippen LogP contribution in [0.15, 0.2) is 46.7 Å². The standard InChI is InChI=1S/C17H25ClN6O2S.HI/c1-3-19-17(20-8-6-14-4-5-16(18)22-12-14)21-9-10-23-27(25,26)15-7-11-24(2)13-15;/h4-5,7,11-13,23H,3,6,8-10H2,1-2H3,(H2,19,20,21);1H. The Morgan fingerprint density at radius 1 is 1.25 bits per heavy atom. The van der Waals surface area contributed by atoms with E-state index < -0.39 is 10.0 Å². The molecule has 0 unspecified atom stereocenters. The summed E-state index contributed by atoms with van der Waals surface area (Å²) >= 11 is 5.77. The molecule has 0 spiro atoms. The molecule has 0 saturated carbocycles. The highest BCUT2D eigenvalue weighted by Gasteiger charge is 2.13. The maximum atomic E-state index is 12.1. The van der Waals surface area contributed by atoms with E-state index in [1.165, 1.54) is 0 Å². The summed E-state index contributed by atoms with van der Waals surface area (Å²) in [5, 5.41) is 6.82. The van der Waals surface area contributed by atoms with Crippen molar-refractivity contribution < 1.29 is 8.42 Å². The Morgan fingerprint density at radius 3 is 2.64 bits per heavy atom. The molecule has 2 aromatic rings. The van der Waals surface area contributed by atoms with Gasteiger partial charge in [-0.3, -0.25) is 4.99 Å². The lowest BCUT2D eigenvalue weighted by molar-refractivity contribution is 0.582. The van der Waals surface area contributed by atoms with Crippen LogP contribution in [-0.2, 0) is 23.5 Å². The smallest absolute Gasteiger partial charge is 0.242 e. The summed E-state index contributed by atoms with van der Waals surface area (Å²) in [6.07, 6.45) is 5.76. The fourth-order valence-electron chi connectivity index (χ4n) is 2.29. The van der Waals surface area contributed by atoms with Crippen molar-refractivity contribution in [3.8, 4) is 0 Å². The molecule has 0 bridgehead atoms. The quantitative estimate of drug-likeness (QED) is 0.148. The van der Waals surface area contributed by atoms with E-state index in [0.717, 1.165) is 12.0 Å². The van der Waals surface area contributed by atoms with Gasteiger partial charge >= 0.3 is 0 Å². The van der Waals surface area contributed by atoms with Gasteiger partial charge in [0.2, 0.25) is 10.0 Å². The van der Waals surface area contributed by atoms with E-state index in [-0.39, 0.29) is 35.4 Å². The second-order valence-electron chi connectivity index (χ2n) is 5.84. The molecule has 0 radical (unpaired) electrons. The van der Waals surface area contributed by atoms with E-state index in [1.54, 1.807) is 42.3 Å². The van der Waals surface area contributed by atoms with E-state index >= 15 is 0 Å². The number of aryl methyl sites for hydroxylation is 1. The molecule has 2 heterocycles. The van der Waals surface area contributed by atoms with Crippen LogP contribution >= 0.6 is 35.6 Å². The lowest BCUT2D eigenvalue weighted by Crippen LogP contribution is -2.39. The lowest BCUT2D eigenvalue weighted by atomic mass is 10.2. The van der Waals surface area contributed by atoms with Crippen LogP contribution in [0.1, 0.15) is 12.5 Å². The van der Waals surface area contributed by atoms with Crippen molar-refractivity contribution in [2.75, 3.05) is 26.2 Å². The number of halogens is 2. The molecule has 0 atom stereocenters. The Labute approximate surface area is 188 Å². The third kappa shape index (κ3) is 8.33. The third-order valence-electron chi connectivity index (χ3n) is 3.63. The van der Waals surface area contributed by atoms with E-state index in [1.807, 2.05) is 13.0 Å². The molecule has 0 aliphatic heterocycles. The monoisotopic (exact) mass is 540 g/mol. The molecule has 0 saturated heterocycles. The summed E-state index contributed by atoms with van der Waals surface area (Å²) in [5.41, 5.74) is 1.07. The van der Waals surface area contributed by atoms with Crippen LogP contribution in [0.25, 0.3) is 0 Å². The molecule has 28 heavy (non-hydrogen) atoms. The van der Waals surface area contributed by atoms with Crippen molar-refractivity contribution in [3.63, 3.8) is 0 Å². The summed E-state index contributed by atoms with van der Waals surface area (Å²) in [7, 11) is -1.73. The first-order valence-corrected chi connectivity index (χ1v) is 10.5. The van der Waals surface area contributed by atoms with Gasteiger partial charge in [0.25, 0.3) is 0 Å². The molecule has 0 aliphatic rings. The van der Waals surface area contributed by atoms with Crippen molar-refractivity contribution in [2.45, 2.75) is 18.2 Å². The summed E-state index contributed by atoms with van der Waals surface area (Å²) in [4.78, 5) is 8.68. The van der Waals surface area contributed by atoms with Gasteiger partial charge < -0.3 is 15.2 Å². The maximum absolute atomic E-state index is 12.1. The van der Waals surface area contributed by atoms with Crippen LogP contribution < -0.4 is 15.4 Å². The van der Waals surface area contributed by atoms with Crippen LogP contribution in [-0.4, -0.2) is 50.1 Å². The number of nitrogens with one attached hydrogen (secondary N) is 3. The maximum Gasteiger partial charge on any atom is 0.242 e. The van der Waals surface area contributed by atoms with Gasteiger partial charge in [-0.25, -0.2) is 18.1 Å². The number of guanidine groups is 1. The fourth-order valence-corrected chi connectivity index (χ4v) is 3.47. The first-order valence-electron chi connectivity index (χ1n) is 8.65. The van der Waals surface area contributed by atoms with Gasteiger partial charge in [0.1, 0.15) is 5.15 Å². The predicted molar refractivity (Wildman–Crippen MR) is 123 cm³/mol. The van der Waals surface area contributed by atoms with Gasteiger partial charge in [0.05, 0.1) is 11.4 Å². The Morgan fingerprint density at radius 2 is 2.04 bits per heavy atom.